The molecule has 1 unspecified atom stereocenters. The first-order chi connectivity index (χ1) is 8.52. The van der Waals surface area contributed by atoms with Crippen molar-refractivity contribution in [1.29, 1.82) is 0 Å². The molecule has 2 aromatic carbocycles. The monoisotopic (exact) mass is 329 g/mol. The van der Waals surface area contributed by atoms with E-state index in [2.05, 4.69) is 15.9 Å². The highest BCUT2D eigenvalue weighted by Gasteiger charge is 2.22. The zero-order valence-electron chi connectivity index (χ0n) is 9.20. The van der Waals surface area contributed by atoms with E-state index in [1.165, 1.54) is 6.07 Å². The Morgan fingerprint density at radius 1 is 1.28 bits per heavy atom. The number of benzene rings is 2. The number of hydrogen-bond donors (Lipinski definition) is 2. The van der Waals surface area contributed by atoms with E-state index < -0.39 is 11.9 Å². The number of phenolic OH excluding ortho intramolecular Hbond substituents is 1. The van der Waals surface area contributed by atoms with Crippen molar-refractivity contribution in [2.24, 2.45) is 5.73 Å². The van der Waals surface area contributed by atoms with E-state index in [-0.39, 0.29) is 16.3 Å². The van der Waals surface area contributed by atoms with Gasteiger partial charge in [0.15, 0.2) is 5.82 Å². The fraction of sp³-hybridized carbons (Fsp3) is 0.0769. The van der Waals surface area contributed by atoms with Crippen LogP contribution in [0.5, 0.6) is 5.75 Å². The molecule has 0 saturated carbocycles. The van der Waals surface area contributed by atoms with Gasteiger partial charge in [-0.2, -0.15) is 0 Å². The topological polar surface area (TPSA) is 46.2 Å². The minimum Gasteiger partial charge on any atom is -0.506 e. The molecule has 0 fully saturated rings. The smallest absolute Gasteiger partial charge is 0.150 e. The van der Waals surface area contributed by atoms with Gasteiger partial charge in [-0.15, -0.1) is 0 Å². The third-order valence-corrected chi connectivity index (χ3v) is 3.53. The van der Waals surface area contributed by atoms with E-state index in [1.54, 1.807) is 24.3 Å². The maximum Gasteiger partial charge on any atom is 0.150 e. The number of aromatic hydroxyl groups is 1. The second kappa shape index (κ2) is 5.26. The van der Waals surface area contributed by atoms with E-state index >= 15 is 0 Å². The van der Waals surface area contributed by atoms with Gasteiger partial charge in [-0.25, -0.2) is 4.39 Å². The summed E-state index contributed by atoms with van der Waals surface area (Å²) in [4.78, 5) is 0. The molecule has 0 saturated heterocycles. The molecule has 94 valence electrons. The number of hydrogen-bond acceptors (Lipinski definition) is 2. The number of nitrogens with two attached hydrogens (primary N) is 1. The molecule has 1 atom stereocenters. The molecule has 0 bridgehead atoms. The highest BCUT2D eigenvalue weighted by Crippen LogP contribution is 2.39. The molecular formula is C13H10BrClFNO. The third-order valence-electron chi connectivity index (χ3n) is 2.65. The highest BCUT2D eigenvalue weighted by atomic mass is 79.9. The summed E-state index contributed by atoms with van der Waals surface area (Å²) >= 11 is 8.87. The molecule has 2 nitrogen and oxygen atoms in total. The Hall–Kier alpha value is -1.10. The average molecular weight is 331 g/mol. The van der Waals surface area contributed by atoms with Gasteiger partial charge in [-0.1, -0.05) is 41.9 Å². The SMILES string of the molecule is NC(c1ccccc1)c1c(O)c(Br)cc(Cl)c1F. The van der Waals surface area contributed by atoms with Crippen molar-refractivity contribution in [3.05, 3.63) is 62.8 Å². The van der Waals surface area contributed by atoms with Gasteiger partial charge in [-0.3, -0.25) is 0 Å². The fourth-order valence-corrected chi connectivity index (χ4v) is 2.50. The van der Waals surface area contributed by atoms with Crippen LogP contribution in [0.3, 0.4) is 0 Å². The van der Waals surface area contributed by atoms with E-state index in [0.717, 1.165) is 0 Å². The number of halogens is 3. The van der Waals surface area contributed by atoms with Gasteiger partial charge < -0.3 is 10.8 Å². The lowest BCUT2D eigenvalue weighted by Crippen LogP contribution is -2.14. The maximum absolute atomic E-state index is 14.0. The van der Waals surface area contributed by atoms with Gasteiger partial charge in [0.2, 0.25) is 0 Å². The standard InChI is InChI=1S/C13H10BrClFNO/c14-8-6-9(15)11(16)10(13(8)18)12(17)7-4-2-1-3-5-7/h1-6,12,18H,17H2. The molecule has 0 aliphatic heterocycles. The summed E-state index contributed by atoms with van der Waals surface area (Å²) in [5.74, 6) is -0.929. The van der Waals surface area contributed by atoms with Gasteiger partial charge in [0.25, 0.3) is 0 Å². The molecule has 0 aliphatic rings. The molecule has 0 spiro atoms. The van der Waals surface area contributed by atoms with Crippen LogP contribution in [0, 0.1) is 5.82 Å². The first kappa shape index (κ1) is 13.3. The molecule has 3 N–H and O–H groups in total. The van der Waals surface area contributed by atoms with Gasteiger partial charge in [0.05, 0.1) is 21.1 Å². The normalized spacial score (nSPS) is 12.4. The van der Waals surface area contributed by atoms with Crippen molar-refractivity contribution >= 4 is 27.5 Å². The third kappa shape index (κ3) is 2.36. The van der Waals surface area contributed by atoms with E-state index in [9.17, 15) is 9.50 Å². The Balaban J connectivity index is 2.58. The van der Waals surface area contributed by atoms with Crippen LogP contribution in [-0.2, 0) is 0 Å². The van der Waals surface area contributed by atoms with Crippen molar-refractivity contribution in [1.82, 2.24) is 0 Å². The summed E-state index contributed by atoms with van der Waals surface area (Å²) in [6.45, 7) is 0. The second-order valence-electron chi connectivity index (χ2n) is 3.80. The number of phenols is 1. The van der Waals surface area contributed by atoms with E-state index in [4.69, 9.17) is 17.3 Å². The summed E-state index contributed by atoms with van der Waals surface area (Å²) in [7, 11) is 0. The molecular weight excluding hydrogens is 321 g/mol. The van der Waals surface area contributed by atoms with Crippen LogP contribution in [0.1, 0.15) is 17.2 Å². The Morgan fingerprint density at radius 2 is 1.89 bits per heavy atom. The zero-order chi connectivity index (χ0) is 13.3. The van der Waals surface area contributed by atoms with Crippen molar-refractivity contribution in [2.75, 3.05) is 0 Å². The fourth-order valence-electron chi connectivity index (χ4n) is 1.72. The predicted octanol–water partition coefficient (Wildman–Crippen LogP) is 4.00. The van der Waals surface area contributed by atoms with Crippen LogP contribution in [-0.4, -0.2) is 5.11 Å². The summed E-state index contributed by atoms with van der Waals surface area (Å²) in [5.41, 5.74) is 6.66. The minimum atomic E-state index is -0.777. The minimum absolute atomic E-state index is 0.0134. The van der Waals surface area contributed by atoms with Crippen molar-refractivity contribution in [3.63, 3.8) is 0 Å². The molecule has 18 heavy (non-hydrogen) atoms. The lowest BCUT2D eigenvalue weighted by Gasteiger charge is -2.16. The Morgan fingerprint density at radius 3 is 2.50 bits per heavy atom. The highest BCUT2D eigenvalue weighted by molar-refractivity contribution is 9.10. The lowest BCUT2D eigenvalue weighted by molar-refractivity contribution is 0.451. The summed E-state index contributed by atoms with van der Waals surface area (Å²) in [6.07, 6.45) is 0. The van der Waals surface area contributed by atoms with Crippen LogP contribution >= 0.6 is 27.5 Å². The molecule has 0 radical (unpaired) electrons. The van der Waals surface area contributed by atoms with Crippen molar-refractivity contribution < 1.29 is 9.50 Å². The number of rotatable bonds is 2. The van der Waals surface area contributed by atoms with Crippen LogP contribution in [0.4, 0.5) is 4.39 Å². The predicted molar refractivity (Wildman–Crippen MR) is 73.2 cm³/mol. The molecule has 0 aromatic heterocycles. The van der Waals surface area contributed by atoms with Gasteiger partial charge in [-0.05, 0) is 27.6 Å². The van der Waals surface area contributed by atoms with Crippen LogP contribution in [0.2, 0.25) is 5.02 Å². The van der Waals surface area contributed by atoms with Crippen LogP contribution in [0.15, 0.2) is 40.9 Å². The van der Waals surface area contributed by atoms with Crippen molar-refractivity contribution in [3.8, 4) is 5.75 Å². The lowest BCUT2D eigenvalue weighted by atomic mass is 9.98. The first-order valence-electron chi connectivity index (χ1n) is 5.19. The zero-order valence-corrected chi connectivity index (χ0v) is 11.5. The first-order valence-corrected chi connectivity index (χ1v) is 6.36. The molecule has 5 heteroatoms. The van der Waals surface area contributed by atoms with E-state index in [0.29, 0.717) is 10.0 Å². The largest absolute Gasteiger partial charge is 0.506 e. The average Bonchev–Trinajstić information content (AvgIpc) is 2.37. The second-order valence-corrected chi connectivity index (χ2v) is 5.07. The van der Waals surface area contributed by atoms with Gasteiger partial charge in [0, 0.05) is 0 Å². The summed E-state index contributed by atoms with van der Waals surface area (Å²) < 4.78 is 14.3. The summed E-state index contributed by atoms with van der Waals surface area (Å²) in [5, 5.41) is 9.83. The van der Waals surface area contributed by atoms with E-state index in [1.807, 2.05) is 6.07 Å². The molecule has 2 rings (SSSR count). The van der Waals surface area contributed by atoms with Crippen LogP contribution in [0.25, 0.3) is 0 Å². The quantitative estimate of drug-likeness (QED) is 0.818. The van der Waals surface area contributed by atoms with Crippen molar-refractivity contribution in [2.45, 2.75) is 6.04 Å². The van der Waals surface area contributed by atoms with Gasteiger partial charge >= 0.3 is 0 Å². The molecule has 2 aromatic rings. The Labute approximate surface area is 117 Å². The van der Waals surface area contributed by atoms with Gasteiger partial charge in [0.1, 0.15) is 5.75 Å². The maximum atomic E-state index is 14.0. The Bertz CT molecular complexity index is 551. The molecule has 0 aliphatic carbocycles. The summed E-state index contributed by atoms with van der Waals surface area (Å²) in [6, 6.07) is 9.47. The Kier molecular flexibility index (Phi) is 3.90. The van der Waals surface area contributed by atoms with Crippen LogP contribution < -0.4 is 5.73 Å². The molecule has 0 amide bonds. The molecule has 0 heterocycles.